The van der Waals surface area contributed by atoms with E-state index in [4.69, 9.17) is 5.73 Å². The number of piperidine rings is 2. The van der Waals surface area contributed by atoms with Crippen LogP contribution >= 0.6 is 0 Å². The molecule has 4 bridgehead atoms. The van der Waals surface area contributed by atoms with E-state index in [0.29, 0.717) is 32.4 Å². The van der Waals surface area contributed by atoms with Crippen molar-refractivity contribution in [3.05, 3.63) is 35.4 Å². The Hall–Kier alpha value is -1.96. The summed E-state index contributed by atoms with van der Waals surface area (Å²) in [6, 6.07) is 9.43. The highest BCUT2D eigenvalue weighted by Crippen LogP contribution is 2.46. The molecule has 4 heterocycles. The van der Waals surface area contributed by atoms with Crippen molar-refractivity contribution in [3.8, 4) is 0 Å². The standard InChI is InChI=1S/C41H68N6O5/c1-28-34(48)22-33(47-18-17-43-27-47)32(45-28)21-35(49)30-12-6-3-4-7-14-40(52,25-38(50)51)26-44-39(2)23-36(46-37(42)24-39)41(15-8-5-9-16-41)31-13-10-11-29(19-30)20-31/h10-11,13,17,20,28,30,32-37,44-46,48-49,52H,3-9,12,14-16,18-19,21-27,42H2,1-2H3,(H,50,51)/t28-,30-,32+,33-,34+,35-,36+,37+,39+,40+/m0/s1. The molecule has 11 heteroatoms. The van der Waals surface area contributed by atoms with Crippen LogP contribution in [0.5, 0.6) is 0 Å². The zero-order chi connectivity index (χ0) is 36.9. The Bertz CT molecular complexity index is 1350. The first-order valence-electron chi connectivity index (χ1n) is 20.5. The van der Waals surface area contributed by atoms with Crippen molar-refractivity contribution in [1.29, 1.82) is 0 Å². The van der Waals surface area contributed by atoms with Crippen molar-refractivity contribution in [1.82, 2.24) is 20.9 Å². The summed E-state index contributed by atoms with van der Waals surface area (Å²) >= 11 is 0. The molecule has 2 saturated heterocycles. The molecule has 292 valence electrons. The summed E-state index contributed by atoms with van der Waals surface area (Å²) in [5.41, 5.74) is 7.61. The number of aliphatic hydroxyl groups is 3. The molecule has 1 aliphatic carbocycles. The number of benzene rings is 1. The van der Waals surface area contributed by atoms with Gasteiger partial charge < -0.3 is 36.8 Å². The Morgan fingerprint density at radius 3 is 2.58 bits per heavy atom. The van der Waals surface area contributed by atoms with Gasteiger partial charge in [0, 0.05) is 54.4 Å². The van der Waals surface area contributed by atoms with Gasteiger partial charge in [0.25, 0.3) is 0 Å². The van der Waals surface area contributed by atoms with Gasteiger partial charge in [-0.25, -0.2) is 0 Å². The van der Waals surface area contributed by atoms with Gasteiger partial charge in [-0.2, -0.15) is 0 Å². The molecule has 1 aromatic carbocycles. The maximum absolute atomic E-state index is 12.1. The third-order valence-corrected chi connectivity index (χ3v) is 13.7. The van der Waals surface area contributed by atoms with Crippen molar-refractivity contribution in [2.75, 3.05) is 19.8 Å². The summed E-state index contributed by atoms with van der Waals surface area (Å²) in [6.45, 7) is 5.86. The van der Waals surface area contributed by atoms with Gasteiger partial charge in [-0.05, 0) is 88.7 Å². The number of fused-ring (bicyclic) bond motifs is 6. The molecule has 0 aromatic heterocycles. The molecular formula is C41H68N6O5. The Morgan fingerprint density at radius 2 is 1.83 bits per heavy atom. The molecule has 0 unspecified atom stereocenters. The van der Waals surface area contributed by atoms with E-state index in [1.165, 1.54) is 17.5 Å². The van der Waals surface area contributed by atoms with Gasteiger partial charge in [0.2, 0.25) is 0 Å². The van der Waals surface area contributed by atoms with Gasteiger partial charge in [0.05, 0.1) is 37.1 Å². The summed E-state index contributed by atoms with van der Waals surface area (Å²) in [5.74, 6) is -0.918. The van der Waals surface area contributed by atoms with Crippen molar-refractivity contribution >= 4 is 12.2 Å². The fraction of sp³-hybridized carbons (Fsp3) is 0.805. The fourth-order valence-electron chi connectivity index (χ4n) is 10.6. The van der Waals surface area contributed by atoms with Crippen LogP contribution in [0.4, 0.5) is 0 Å². The van der Waals surface area contributed by atoms with Crippen LogP contribution < -0.4 is 21.7 Å². The number of aliphatic imine (C=N–C) groups is 1. The zero-order valence-electron chi connectivity index (χ0n) is 31.8. The van der Waals surface area contributed by atoms with Crippen molar-refractivity contribution in [3.63, 3.8) is 0 Å². The molecule has 52 heavy (non-hydrogen) atoms. The van der Waals surface area contributed by atoms with E-state index in [0.717, 1.165) is 77.2 Å². The molecule has 4 aliphatic heterocycles. The van der Waals surface area contributed by atoms with Crippen molar-refractivity contribution in [2.24, 2.45) is 16.6 Å². The van der Waals surface area contributed by atoms with Gasteiger partial charge in [-0.1, -0.05) is 69.2 Å². The average Bonchev–Trinajstić information content (AvgIpc) is 3.64. The smallest absolute Gasteiger partial charge is 0.306 e. The number of hydrogen-bond acceptors (Lipinski definition) is 10. The molecule has 3 fully saturated rings. The highest BCUT2D eigenvalue weighted by atomic mass is 16.4. The third kappa shape index (κ3) is 9.63. The minimum absolute atomic E-state index is 0.0380. The van der Waals surface area contributed by atoms with Gasteiger partial charge in [0.1, 0.15) is 0 Å². The van der Waals surface area contributed by atoms with Gasteiger partial charge in [0.15, 0.2) is 0 Å². The van der Waals surface area contributed by atoms with Crippen LogP contribution in [-0.4, -0.2) is 111 Å². The monoisotopic (exact) mass is 725 g/mol. The predicted molar refractivity (Wildman–Crippen MR) is 205 cm³/mol. The number of hydrogen-bond donors (Lipinski definition) is 8. The zero-order valence-corrected chi connectivity index (χ0v) is 31.8. The van der Waals surface area contributed by atoms with Crippen LogP contribution in [0.2, 0.25) is 0 Å². The molecule has 5 aliphatic rings. The summed E-state index contributed by atoms with van der Waals surface area (Å²) < 4.78 is 0. The minimum Gasteiger partial charge on any atom is -0.481 e. The fourth-order valence-corrected chi connectivity index (χ4v) is 10.6. The molecule has 1 saturated carbocycles. The summed E-state index contributed by atoms with van der Waals surface area (Å²) in [6.07, 6.45) is 14.7. The number of aliphatic carboxylic acids is 1. The Balaban J connectivity index is 1.29. The largest absolute Gasteiger partial charge is 0.481 e. The maximum Gasteiger partial charge on any atom is 0.306 e. The highest BCUT2D eigenvalue weighted by molar-refractivity contribution is 5.68. The quantitative estimate of drug-likeness (QED) is 0.217. The van der Waals surface area contributed by atoms with Crippen LogP contribution in [-0.2, 0) is 16.6 Å². The third-order valence-electron chi connectivity index (χ3n) is 13.7. The lowest BCUT2D eigenvalue weighted by molar-refractivity contribution is -0.143. The molecule has 1 spiro atoms. The summed E-state index contributed by atoms with van der Waals surface area (Å²) in [7, 11) is 0. The number of carbonyl (C=O) groups is 1. The number of aliphatic hydroxyl groups excluding tert-OH is 2. The highest BCUT2D eigenvalue weighted by Gasteiger charge is 2.48. The van der Waals surface area contributed by atoms with E-state index >= 15 is 0 Å². The first-order valence-corrected chi connectivity index (χ1v) is 20.5. The topological polar surface area (TPSA) is 176 Å². The van der Waals surface area contributed by atoms with Crippen LogP contribution in [0.15, 0.2) is 29.3 Å². The lowest BCUT2D eigenvalue weighted by Gasteiger charge is -2.53. The second-order valence-corrected chi connectivity index (χ2v) is 17.8. The molecule has 9 N–H and O–H groups in total. The van der Waals surface area contributed by atoms with Crippen LogP contribution in [0.25, 0.3) is 0 Å². The molecule has 1 aromatic rings. The van der Waals surface area contributed by atoms with Crippen LogP contribution in [0, 0.1) is 5.92 Å². The Kier molecular flexibility index (Phi) is 13.2. The maximum atomic E-state index is 12.1. The van der Waals surface area contributed by atoms with E-state index in [-0.39, 0.29) is 60.2 Å². The van der Waals surface area contributed by atoms with Crippen molar-refractivity contribution < 1.29 is 25.2 Å². The number of nitrogens with two attached hydrogens (primary N) is 1. The van der Waals surface area contributed by atoms with Crippen LogP contribution in [0.1, 0.15) is 128 Å². The number of carboxylic acid groups (broad SMARTS) is 1. The van der Waals surface area contributed by atoms with Crippen molar-refractivity contribution in [2.45, 2.75) is 182 Å². The molecule has 0 radical (unpaired) electrons. The summed E-state index contributed by atoms with van der Waals surface area (Å²) in [4.78, 5) is 18.7. The second kappa shape index (κ2) is 17.2. The second-order valence-electron chi connectivity index (χ2n) is 17.8. The Morgan fingerprint density at radius 1 is 1.08 bits per heavy atom. The molecular weight excluding hydrogens is 656 g/mol. The normalized spacial score (nSPS) is 38.7. The van der Waals surface area contributed by atoms with E-state index in [1.807, 2.05) is 13.1 Å². The van der Waals surface area contributed by atoms with E-state index in [9.17, 15) is 25.2 Å². The number of β-amino-alcohol motifs (C(OH)–C–C–N with tert-alkyl or cyclic N) is 1. The molecule has 0 amide bonds. The lowest BCUT2D eigenvalue weighted by Crippen LogP contribution is -2.67. The number of carboxylic acids is 1. The summed E-state index contributed by atoms with van der Waals surface area (Å²) in [5, 5.41) is 55.6. The SMILES string of the molecule is C[C@@H]1N[C@H](C[C@H](O)[C@H]2CCCCCC[C@@](O)(CC(=O)O)CN[C@@]3(C)C[C@H](N)N[C@H](C3)C3(CCCCC3)c3cccc(c3)C2)[C@@H](N2CC=NC2)C[C@H]1O. The van der Waals surface area contributed by atoms with E-state index in [2.05, 4.69) is 57.0 Å². The van der Waals surface area contributed by atoms with E-state index < -0.39 is 23.8 Å². The first kappa shape index (κ1) is 39.7. The first-order chi connectivity index (χ1) is 24.9. The van der Waals surface area contributed by atoms with E-state index in [1.54, 1.807) is 0 Å². The molecule has 11 nitrogen and oxygen atoms in total. The molecule has 6 rings (SSSR count). The van der Waals surface area contributed by atoms with Gasteiger partial charge in [-0.3, -0.25) is 20.0 Å². The minimum atomic E-state index is -1.34. The average molecular weight is 725 g/mol. The molecule has 10 atom stereocenters. The van der Waals surface area contributed by atoms with Gasteiger partial charge >= 0.3 is 5.97 Å². The number of nitrogens with one attached hydrogen (secondary N) is 3. The number of nitrogens with zero attached hydrogens (tertiary/aromatic N) is 2. The number of rotatable bonds is 6. The Labute approximate surface area is 311 Å². The predicted octanol–water partition coefficient (Wildman–Crippen LogP) is 3.57. The lowest BCUT2D eigenvalue weighted by atomic mass is 9.61. The van der Waals surface area contributed by atoms with Crippen LogP contribution in [0.3, 0.4) is 0 Å². The van der Waals surface area contributed by atoms with Gasteiger partial charge in [-0.15, -0.1) is 0 Å².